The van der Waals surface area contributed by atoms with Crippen LogP contribution in [0.2, 0.25) is 0 Å². The quantitative estimate of drug-likeness (QED) is 0.884. The van der Waals surface area contributed by atoms with Crippen LogP contribution in [0, 0.1) is 0 Å². The molecule has 1 aliphatic rings. The lowest BCUT2D eigenvalue weighted by molar-refractivity contribution is -0.149. The first-order valence-corrected chi connectivity index (χ1v) is 7.30. The molecule has 4 heteroatoms. The number of ether oxygens (including phenoxy) is 1. The molecule has 2 aromatic rings. The molecule has 0 amide bonds. The van der Waals surface area contributed by atoms with Crippen LogP contribution in [0.5, 0.6) is 0 Å². The molecule has 22 heavy (non-hydrogen) atoms. The van der Waals surface area contributed by atoms with E-state index in [1.54, 1.807) is 13.0 Å². The van der Waals surface area contributed by atoms with Crippen LogP contribution in [0.25, 0.3) is 0 Å². The van der Waals surface area contributed by atoms with Crippen molar-refractivity contribution in [3.63, 3.8) is 0 Å². The summed E-state index contributed by atoms with van der Waals surface area (Å²) < 4.78 is 5.25. The van der Waals surface area contributed by atoms with Crippen LogP contribution in [-0.4, -0.2) is 18.4 Å². The maximum atomic E-state index is 12.6. The van der Waals surface area contributed by atoms with E-state index in [2.05, 4.69) is 5.32 Å². The van der Waals surface area contributed by atoms with Crippen molar-refractivity contribution < 1.29 is 14.3 Å². The third-order valence-corrected chi connectivity index (χ3v) is 3.89. The van der Waals surface area contributed by atoms with Crippen molar-refractivity contribution in [3.05, 3.63) is 65.7 Å². The van der Waals surface area contributed by atoms with Gasteiger partial charge in [0.1, 0.15) is 0 Å². The summed E-state index contributed by atoms with van der Waals surface area (Å²) in [6.07, 6.45) is 0.0485. The van der Waals surface area contributed by atoms with Crippen LogP contribution in [-0.2, 0) is 15.1 Å². The maximum absolute atomic E-state index is 12.6. The molecule has 1 unspecified atom stereocenters. The molecule has 3 rings (SSSR count). The molecule has 0 saturated heterocycles. The Kier molecular flexibility index (Phi) is 3.67. The SMILES string of the molecule is CCOC(=O)C1(c2ccccc2)CC(=O)c2ccccc2N1. The van der Waals surface area contributed by atoms with E-state index < -0.39 is 11.5 Å². The van der Waals surface area contributed by atoms with Gasteiger partial charge in [0.2, 0.25) is 0 Å². The minimum atomic E-state index is -1.16. The summed E-state index contributed by atoms with van der Waals surface area (Å²) in [5.41, 5.74) is 0.841. The molecule has 1 N–H and O–H groups in total. The van der Waals surface area contributed by atoms with Gasteiger partial charge in [0, 0.05) is 17.7 Å². The predicted octanol–water partition coefficient (Wildman–Crippen LogP) is 3.14. The molecular weight excluding hydrogens is 278 g/mol. The highest BCUT2D eigenvalue weighted by Gasteiger charge is 2.47. The number of hydrogen-bond donors (Lipinski definition) is 1. The van der Waals surface area contributed by atoms with Crippen molar-refractivity contribution in [2.24, 2.45) is 0 Å². The largest absolute Gasteiger partial charge is 0.464 e. The van der Waals surface area contributed by atoms with E-state index in [4.69, 9.17) is 4.74 Å². The van der Waals surface area contributed by atoms with Gasteiger partial charge in [-0.2, -0.15) is 0 Å². The van der Waals surface area contributed by atoms with E-state index in [0.29, 0.717) is 11.3 Å². The summed E-state index contributed by atoms with van der Waals surface area (Å²) in [6.45, 7) is 2.03. The van der Waals surface area contributed by atoms with Crippen molar-refractivity contribution in [1.82, 2.24) is 0 Å². The molecule has 0 spiro atoms. The second kappa shape index (κ2) is 5.64. The molecule has 1 aliphatic heterocycles. The van der Waals surface area contributed by atoms with Gasteiger partial charge in [-0.3, -0.25) is 4.79 Å². The van der Waals surface area contributed by atoms with E-state index >= 15 is 0 Å². The van der Waals surface area contributed by atoms with Gasteiger partial charge >= 0.3 is 5.97 Å². The fraction of sp³-hybridized carbons (Fsp3) is 0.222. The smallest absolute Gasteiger partial charge is 0.336 e. The standard InChI is InChI=1S/C18H17NO3/c1-2-22-17(21)18(13-8-4-3-5-9-13)12-16(20)14-10-6-7-11-15(14)19-18/h3-11,19H,2,12H2,1H3. The lowest BCUT2D eigenvalue weighted by Gasteiger charge is -2.37. The summed E-state index contributed by atoms with van der Waals surface area (Å²) >= 11 is 0. The number of carbonyl (C=O) groups is 2. The second-order valence-electron chi connectivity index (χ2n) is 5.26. The first-order valence-electron chi connectivity index (χ1n) is 7.30. The third-order valence-electron chi connectivity index (χ3n) is 3.89. The summed E-state index contributed by atoms with van der Waals surface area (Å²) in [5.74, 6) is -0.490. The number of carbonyl (C=O) groups excluding carboxylic acids is 2. The van der Waals surface area contributed by atoms with E-state index in [0.717, 1.165) is 5.56 Å². The van der Waals surface area contributed by atoms with Crippen LogP contribution >= 0.6 is 0 Å². The lowest BCUT2D eigenvalue weighted by atomic mass is 9.80. The van der Waals surface area contributed by atoms with Gasteiger partial charge in [-0.15, -0.1) is 0 Å². The molecule has 0 bridgehead atoms. The number of hydrogen-bond acceptors (Lipinski definition) is 4. The minimum absolute atomic E-state index is 0.0485. The highest BCUT2D eigenvalue weighted by molar-refractivity contribution is 6.08. The van der Waals surface area contributed by atoms with Crippen molar-refractivity contribution in [2.75, 3.05) is 11.9 Å². The minimum Gasteiger partial charge on any atom is -0.464 e. The van der Waals surface area contributed by atoms with Crippen LogP contribution < -0.4 is 5.32 Å². The zero-order valence-electron chi connectivity index (χ0n) is 12.3. The number of benzene rings is 2. The fourth-order valence-electron chi connectivity index (χ4n) is 2.84. The molecule has 2 aromatic carbocycles. The van der Waals surface area contributed by atoms with Gasteiger partial charge < -0.3 is 10.1 Å². The number of esters is 1. The third kappa shape index (κ3) is 2.26. The Morgan fingerprint density at radius 3 is 2.55 bits per heavy atom. The first kappa shape index (κ1) is 14.3. The van der Waals surface area contributed by atoms with Gasteiger partial charge in [0.15, 0.2) is 11.3 Å². The Labute approximate surface area is 129 Å². The topological polar surface area (TPSA) is 55.4 Å². The molecule has 112 valence electrons. The normalized spacial score (nSPS) is 20.0. The van der Waals surface area contributed by atoms with Gasteiger partial charge in [0.05, 0.1) is 6.61 Å². The summed E-state index contributed by atoms with van der Waals surface area (Å²) in [5, 5.41) is 3.25. The number of Topliss-reactive ketones (excluding diaryl/α,β-unsaturated/α-hetero) is 1. The Hall–Kier alpha value is -2.62. The van der Waals surface area contributed by atoms with Crippen molar-refractivity contribution in [1.29, 1.82) is 0 Å². The molecule has 0 aromatic heterocycles. The number of fused-ring (bicyclic) bond motifs is 1. The maximum Gasteiger partial charge on any atom is 0.336 e. The Bertz CT molecular complexity index is 711. The predicted molar refractivity (Wildman–Crippen MR) is 83.8 cm³/mol. The van der Waals surface area contributed by atoms with E-state index in [1.165, 1.54) is 0 Å². The van der Waals surface area contributed by atoms with E-state index in [-0.39, 0.29) is 18.8 Å². The molecule has 4 nitrogen and oxygen atoms in total. The molecule has 1 atom stereocenters. The molecule has 0 fully saturated rings. The number of anilines is 1. The van der Waals surface area contributed by atoms with Gasteiger partial charge in [-0.05, 0) is 24.6 Å². The molecular formula is C18H17NO3. The molecule has 0 aliphatic carbocycles. The summed E-state index contributed by atoms with van der Waals surface area (Å²) in [7, 11) is 0. The Morgan fingerprint density at radius 1 is 1.14 bits per heavy atom. The first-order chi connectivity index (χ1) is 10.7. The van der Waals surface area contributed by atoms with Crippen LogP contribution in [0.4, 0.5) is 5.69 Å². The van der Waals surface area contributed by atoms with Crippen LogP contribution in [0.15, 0.2) is 54.6 Å². The monoisotopic (exact) mass is 295 g/mol. The van der Waals surface area contributed by atoms with E-state index in [1.807, 2.05) is 48.5 Å². The fourth-order valence-corrected chi connectivity index (χ4v) is 2.84. The van der Waals surface area contributed by atoms with Gasteiger partial charge in [0.25, 0.3) is 0 Å². The number of para-hydroxylation sites is 1. The summed E-state index contributed by atoms with van der Waals surface area (Å²) in [6, 6.07) is 16.5. The lowest BCUT2D eigenvalue weighted by Crippen LogP contribution is -2.49. The van der Waals surface area contributed by atoms with E-state index in [9.17, 15) is 9.59 Å². The number of nitrogens with one attached hydrogen (secondary N) is 1. The zero-order chi connectivity index (χ0) is 15.6. The number of rotatable bonds is 3. The van der Waals surface area contributed by atoms with Gasteiger partial charge in [-0.25, -0.2) is 4.79 Å². The average molecular weight is 295 g/mol. The van der Waals surface area contributed by atoms with Gasteiger partial charge in [-0.1, -0.05) is 42.5 Å². The van der Waals surface area contributed by atoms with Crippen molar-refractivity contribution in [2.45, 2.75) is 18.9 Å². The number of ketones is 1. The Balaban J connectivity index is 2.13. The highest BCUT2D eigenvalue weighted by atomic mass is 16.5. The average Bonchev–Trinajstić information content (AvgIpc) is 2.56. The second-order valence-corrected chi connectivity index (χ2v) is 5.26. The van der Waals surface area contributed by atoms with Crippen molar-refractivity contribution >= 4 is 17.4 Å². The molecule has 0 radical (unpaired) electrons. The summed E-state index contributed by atoms with van der Waals surface area (Å²) in [4.78, 5) is 25.2. The molecule has 0 saturated carbocycles. The van der Waals surface area contributed by atoms with Crippen LogP contribution in [0.3, 0.4) is 0 Å². The Morgan fingerprint density at radius 2 is 1.82 bits per heavy atom. The van der Waals surface area contributed by atoms with Crippen molar-refractivity contribution in [3.8, 4) is 0 Å². The zero-order valence-corrected chi connectivity index (χ0v) is 12.3. The van der Waals surface area contributed by atoms with Crippen LogP contribution in [0.1, 0.15) is 29.3 Å². The highest BCUT2D eigenvalue weighted by Crippen LogP contribution is 2.38. The molecule has 1 heterocycles.